The maximum absolute atomic E-state index is 5.92. The minimum Gasteiger partial charge on any atom is -0.471 e. The highest BCUT2D eigenvalue weighted by Crippen LogP contribution is 2.13. The second kappa shape index (κ2) is 3.94. The summed E-state index contributed by atoms with van der Waals surface area (Å²) in [5, 5.41) is 0. The molecule has 76 valence electrons. The van der Waals surface area contributed by atoms with E-state index in [-0.39, 0.29) is 12.1 Å². The molecule has 0 saturated carbocycles. The van der Waals surface area contributed by atoms with E-state index >= 15 is 0 Å². The quantitative estimate of drug-likeness (QED) is 0.724. The van der Waals surface area contributed by atoms with E-state index in [1.165, 1.54) is 0 Å². The first-order valence-electron chi connectivity index (χ1n) is 4.77. The third kappa shape index (κ3) is 2.02. The summed E-state index contributed by atoms with van der Waals surface area (Å²) < 4.78 is 5.68. The molecule has 0 aliphatic carbocycles. The molecular weight excluding hydrogens is 178 g/mol. The molecule has 2 atom stereocenters. The van der Waals surface area contributed by atoms with Gasteiger partial charge in [-0.15, -0.1) is 0 Å². The number of nitrogens with two attached hydrogens (primary N) is 1. The average molecular weight is 193 g/mol. The first kappa shape index (κ1) is 9.43. The van der Waals surface area contributed by atoms with Crippen LogP contribution in [0.3, 0.4) is 0 Å². The van der Waals surface area contributed by atoms with E-state index < -0.39 is 0 Å². The molecule has 1 aliphatic heterocycles. The summed E-state index contributed by atoms with van der Waals surface area (Å²) in [5.74, 6) is 0.656. The highest BCUT2D eigenvalue weighted by Gasteiger charge is 2.29. The zero-order valence-electron chi connectivity index (χ0n) is 8.26. The monoisotopic (exact) mass is 193 g/mol. The van der Waals surface area contributed by atoms with Gasteiger partial charge in [0.05, 0.1) is 6.04 Å². The molecule has 14 heavy (non-hydrogen) atoms. The van der Waals surface area contributed by atoms with Crippen LogP contribution < -0.4 is 10.5 Å². The summed E-state index contributed by atoms with van der Waals surface area (Å²) in [6.07, 6.45) is 1.79. The average Bonchev–Trinajstić information content (AvgIpc) is 2.47. The maximum Gasteiger partial charge on any atom is 0.213 e. The van der Waals surface area contributed by atoms with Crippen molar-refractivity contribution < 1.29 is 4.74 Å². The number of pyridine rings is 1. The molecule has 2 N–H and O–H groups in total. The summed E-state index contributed by atoms with van der Waals surface area (Å²) in [6, 6.07) is 5.72. The lowest BCUT2D eigenvalue weighted by atomic mass is 10.2. The molecule has 2 unspecified atom stereocenters. The normalized spacial score (nSPS) is 27.9. The molecule has 1 saturated heterocycles. The van der Waals surface area contributed by atoms with Crippen LogP contribution in [0.1, 0.15) is 0 Å². The third-order valence-electron chi connectivity index (χ3n) is 2.40. The number of likely N-dealkylation sites (tertiary alicyclic amines) is 1. The van der Waals surface area contributed by atoms with Gasteiger partial charge in [0, 0.05) is 25.4 Å². The topological polar surface area (TPSA) is 51.4 Å². The standard InChI is InChI=1S/C10H15N3O/c1-13-6-8(11)9(7-13)14-10-4-2-3-5-12-10/h2-5,8-9H,6-7,11H2,1H3. The Labute approximate surface area is 83.7 Å². The Bertz CT molecular complexity index is 291. The van der Waals surface area contributed by atoms with Crippen LogP contribution in [-0.2, 0) is 0 Å². The first-order chi connectivity index (χ1) is 6.75. The van der Waals surface area contributed by atoms with Crippen molar-refractivity contribution in [1.82, 2.24) is 9.88 Å². The zero-order chi connectivity index (χ0) is 9.97. The summed E-state index contributed by atoms with van der Waals surface area (Å²) in [4.78, 5) is 6.27. The van der Waals surface area contributed by atoms with Crippen molar-refractivity contribution in [3.63, 3.8) is 0 Å². The Hall–Kier alpha value is -1.13. The molecule has 4 nitrogen and oxygen atoms in total. The van der Waals surface area contributed by atoms with E-state index in [9.17, 15) is 0 Å². The van der Waals surface area contributed by atoms with Gasteiger partial charge in [-0.3, -0.25) is 0 Å². The van der Waals surface area contributed by atoms with Crippen LogP contribution in [0.25, 0.3) is 0 Å². The van der Waals surface area contributed by atoms with Gasteiger partial charge in [0.1, 0.15) is 6.10 Å². The highest BCUT2D eigenvalue weighted by molar-refractivity contribution is 5.10. The van der Waals surface area contributed by atoms with Crippen molar-refractivity contribution in [3.05, 3.63) is 24.4 Å². The third-order valence-corrected chi connectivity index (χ3v) is 2.40. The van der Waals surface area contributed by atoms with Crippen LogP contribution in [0.4, 0.5) is 0 Å². The summed E-state index contributed by atoms with van der Waals surface area (Å²) in [6.45, 7) is 1.76. The zero-order valence-corrected chi connectivity index (χ0v) is 8.26. The molecule has 1 fully saturated rings. The number of ether oxygens (including phenoxy) is 1. The SMILES string of the molecule is CN1CC(N)C(Oc2ccccn2)C1. The Morgan fingerprint density at radius 1 is 1.50 bits per heavy atom. The second-order valence-corrected chi connectivity index (χ2v) is 3.71. The van der Waals surface area contributed by atoms with E-state index in [1.54, 1.807) is 6.20 Å². The second-order valence-electron chi connectivity index (χ2n) is 3.71. The van der Waals surface area contributed by atoms with Crippen molar-refractivity contribution >= 4 is 0 Å². The van der Waals surface area contributed by atoms with Crippen molar-refractivity contribution in [2.24, 2.45) is 5.73 Å². The van der Waals surface area contributed by atoms with Gasteiger partial charge >= 0.3 is 0 Å². The van der Waals surface area contributed by atoms with Crippen molar-refractivity contribution in [3.8, 4) is 5.88 Å². The molecule has 1 aromatic heterocycles. The van der Waals surface area contributed by atoms with Gasteiger partial charge in [0.15, 0.2) is 0 Å². The van der Waals surface area contributed by atoms with Crippen LogP contribution in [0.2, 0.25) is 0 Å². The first-order valence-corrected chi connectivity index (χ1v) is 4.77. The predicted octanol–water partition coefficient (Wildman–Crippen LogP) is 0.102. The Balaban J connectivity index is 1.98. The van der Waals surface area contributed by atoms with E-state index in [1.807, 2.05) is 25.2 Å². The molecule has 0 aromatic carbocycles. The fourth-order valence-electron chi connectivity index (χ4n) is 1.69. The molecular formula is C10H15N3O. The molecule has 0 amide bonds. The van der Waals surface area contributed by atoms with Crippen LogP contribution in [0, 0.1) is 0 Å². The molecule has 0 radical (unpaired) electrons. The predicted molar refractivity (Wildman–Crippen MR) is 54.1 cm³/mol. The van der Waals surface area contributed by atoms with Crippen molar-refractivity contribution in [2.75, 3.05) is 20.1 Å². The van der Waals surface area contributed by atoms with Crippen LogP contribution in [-0.4, -0.2) is 42.2 Å². The van der Waals surface area contributed by atoms with Gasteiger partial charge in [0.25, 0.3) is 0 Å². The Morgan fingerprint density at radius 2 is 2.36 bits per heavy atom. The lowest BCUT2D eigenvalue weighted by Gasteiger charge is -2.15. The van der Waals surface area contributed by atoms with E-state index in [2.05, 4.69) is 9.88 Å². The van der Waals surface area contributed by atoms with E-state index in [4.69, 9.17) is 10.5 Å². The molecule has 1 aromatic rings. The van der Waals surface area contributed by atoms with Gasteiger partial charge in [-0.1, -0.05) is 6.07 Å². The van der Waals surface area contributed by atoms with Gasteiger partial charge in [-0.25, -0.2) is 4.98 Å². The van der Waals surface area contributed by atoms with Gasteiger partial charge in [-0.05, 0) is 13.1 Å². The highest BCUT2D eigenvalue weighted by atomic mass is 16.5. The molecule has 2 rings (SSSR count). The van der Waals surface area contributed by atoms with Gasteiger partial charge in [0.2, 0.25) is 5.88 Å². The van der Waals surface area contributed by atoms with E-state index in [0.29, 0.717) is 5.88 Å². The van der Waals surface area contributed by atoms with Gasteiger partial charge in [-0.2, -0.15) is 0 Å². The van der Waals surface area contributed by atoms with Gasteiger partial charge < -0.3 is 15.4 Å². The number of hydrogen-bond acceptors (Lipinski definition) is 4. The number of hydrogen-bond donors (Lipinski definition) is 1. The van der Waals surface area contributed by atoms with E-state index in [0.717, 1.165) is 13.1 Å². The maximum atomic E-state index is 5.92. The lowest BCUT2D eigenvalue weighted by Crippen LogP contribution is -2.37. The van der Waals surface area contributed by atoms with Crippen molar-refractivity contribution in [2.45, 2.75) is 12.1 Å². The smallest absolute Gasteiger partial charge is 0.213 e. The van der Waals surface area contributed by atoms with Crippen LogP contribution >= 0.6 is 0 Å². The minimum atomic E-state index is 0.0647. The molecule has 2 heterocycles. The summed E-state index contributed by atoms with van der Waals surface area (Å²) in [5.41, 5.74) is 5.92. The summed E-state index contributed by atoms with van der Waals surface area (Å²) in [7, 11) is 2.04. The fraction of sp³-hybridized carbons (Fsp3) is 0.500. The number of likely N-dealkylation sites (N-methyl/N-ethyl adjacent to an activating group) is 1. The number of rotatable bonds is 2. The Morgan fingerprint density at radius 3 is 2.93 bits per heavy atom. The molecule has 0 spiro atoms. The molecule has 4 heteroatoms. The summed E-state index contributed by atoms with van der Waals surface area (Å²) >= 11 is 0. The largest absolute Gasteiger partial charge is 0.471 e. The lowest BCUT2D eigenvalue weighted by molar-refractivity contribution is 0.187. The van der Waals surface area contributed by atoms with Crippen LogP contribution in [0.15, 0.2) is 24.4 Å². The van der Waals surface area contributed by atoms with Crippen LogP contribution in [0.5, 0.6) is 5.88 Å². The molecule has 0 bridgehead atoms. The number of aromatic nitrogens is 1. The number of nitrogens with zero attached hydrogens (tertiary/aromatic N) is 2. The molecule has 1 aliphatic rings. The Kier molecular flexibility index (Phi) is 2.65. The minimum absolute atomic E-state index is 0.0647. The fourth-order valence-corrected chi connectivity index (χ4v) is 1.69. The van der Waals surface area contributed by atoms with Crippen molar-refractivity contribution in [1.29, 1.82) is 0 Å².